The van der Waals surface area contributed by atoms with Gasteiger partial charge in [0.15, 0.2) is 6.61 Å². The van der Waals surface area contributed by atoms with Crippen molar-refractivity contribution in [3.63, 3.8) is 0 Å². The standard InChI is InChI=1S/C32H43N5O8/c1-5-44-31(43)36-17-15-35(16-18-36)30(42)23(12-13-28(39)40)34-29(41)24-19-25(21-9-6-7-10-22(21)33-24)45-20-27(38)37-14-8-11-26(37)32(2,3)4/h6-7,9-10,19,23,26H,5,8,11-18,20H2,1-4H3,(H,34,41)(H,39,40). The van der Waals surface area contributed by atoms with Crippen LogP contribution < -0.4 is 10.1 Å². The monoisotopic (exact) mass is 625 g/mol. The summed E-state index contributed by atoms with van der Waals surface area (Å²) in [6.45, 7) is 9.68. The zero-order valence-electron chi connectivity index (χ0n) is 26.4. The maximum Gasteiger partial charge on any atom is 0.409 e. The van der Waals surface area contributed by atoms with Crippen molar-refractivity contribution in [1.82, 2.24) is 25.0 Å². The van der Waals surface area contributed by atoms with E-state index in [2.05, 4.69) is 31.1 Å². The Morgan fingerprint density at radius 3 is 2.40 bits per heavy atom. The van der Waals surface area contributed by atoms with Crippen LogP contribution in [0, 0.1) is 5.41 Å². The number of carboxylic acid groups (broad SMARTS) is 1. The number of aliphatic carboxylic acids is 1. The fourth-order valence-electron chi connectivity index (χ4n) is 5.87. The van der Waals surface area contributed by atoms with Crippen molar-refractivity contribution in [2.75, 3.05) is 45.9 Å². The van der Waals surface area contributed by atoms with Crippen LogP contribution in [0.15, 0.2) is 30.3 Å². The minimum atomic E-state index is -1.13. The number of nitrogens with zero attached hydrogens (tertiary/aromatic N) is 4. The third-order valence-electron chi connectivity index (χ3n) is 8.20. The van der Waals surface area contributed by atoms with Crippen LogP contribution in [0.5, 0.6) is 5.75 Å². The molecule has 244 valence electrons. The van der Waals surface area contributed by atoms with Crippen molar-refractivity contribution in [1.29, 1.82) is 0 Å². The average molecular weight is 626 g/mol. The molecule has 13 heteroatoms. The summed E-state index contributed by atoms with van der Waals surface area (Å²) >= 11 is 0. The number of carbonyl (C=O) groups is 5. The first-order valence-electron chi connectivity index (χ1n) is 15.4. The second kappa shape index (κ2) is 14.6. The van der Waals surface area contributed by atoms with E-state index in [-0.39, 0.29) is 75.3 Å². The molecule has 0 spiro atoms. The van der Waals surface area contributed by atoms with E-state index in [0.29, 0.717) is 23.2 Å². The summed E-state index contributed by atoms with van der Waals surface area (Å²) in [5.74, 6) is -2.07. The van der Waals surface area contributed by atoms with Crippen LogP contribution in [0.2, 0.25) is 0 Å². The predicted octanol–water partition coefficient (Wildman–Crippen LogP) is 2.91. The molecule has 2 saturated heterocycles. The van der Waals surface area contributed by atoms with Crippen molar-refractivity contribution in [2.24, 2.45) is 5.41 Å². The van der Waals surface area contributed by atoms with Gasteiger partial charge in [-0.15, -0.1) is 0 Å². The van der Waals surface area contributed by atoms with E-state index in [4.69, 9.17) is 9.47 Å². The largest absolute Gasteiger partial charge is 0.483 e. The summed E-state index contributed by atoms with van der Waals surface area (Å²) in [6, 6.07) is 7.48. The summed E-state index contributed by atoms with van der Waals surface area (Å²) in [5.41, 5.74) is 0.360. The molecule has 45 heavy (non-hydrogen) atoms. The molecule has 0 aliphatic carbocycles. The van der Waals surface area contributed by atoms with Crippen LogP contribution in [0.3, 0.4) is 0 Å². The minimum absolute atomic E-state index is 0.0369. The molecule has 2 atom stereocenters. The Balaban J connectivity index is 1.49. The molecule has 3 heterocycles. The van der Waals surface area contributed by atoms with Crippen LogP contribution in [0.1, 0.15) is 63.9 Å². The average Bonchev–Trinajstić information content (AvgIpc) is 3.53. The summed E-state index contributed by atoms with van der Waals surface area (Å²) in [6.07, 6.45) is 0.929. The van der Waals surface area contributed by atoms with E-state index in [9.17, 15) is 29.1 Å². The number of carbonyl (C=O) groups excluding carboxylic acids is 4. The first-order chi connectivity index (χ1) is 21.4. The Hall–Kier alpha value is -4.42. The molecule has 2 aliphatic heterocycles. The Kier molecular flexibility index (Phi) is 10.8. The topological polar surface area (TPSA) is 159 Å². The number of para-hydroxylation sites is 1. The molecule has 4 amide bonds. The molecule has 2 aromatic rings. The van der Waals surface area contributed by atoms with Gasteiger partial charge in [0, 0.05) is 56.6 Å². The van der Waals surface area contributed by atoms with Gasteiger partial charge >= 0.3 is 12.1 Å². The molecule has 2 N–H and O–H groups in total. The van der Waals surface area contributed by atoms with E-state index in [1.807, 2.05) is 4.90 Å². The molecular weight excluding hydrogens is 582 g/mol. The van der Waals surface area contributed by atoms with E-state index >= 15 is 0 Å². The van der Waals surface area contributed by atoms with Crippen molar-refractivity contribution in [3.8, 4) is 5.75 Å². The van der Waals surface area contributed by atoms with Gasteiger partial charge in [0.1, 0.15) is 17.5 Å². The number of amides is 4. The van der Waals surface area contributed by atoms with Gasteiger partial charge in [-0.25, -0.2) is 9.78 Å². The first kappa shape index (κ1) is 33.5. The number of aromatic nitrogens is 1. The van der Waals surface area contributed by atoms with Crippen molar-refractivity contribution in [2.45, 2.75) is 65.5 Å². The fourth-order valence-corrected chi connectivity index (χ4v) is 5.87. The van der Waals surface area contributed by atoms with Crippen LogP contribution in [0.25, 0.3) is 10.9 Å². The molecular formula is C32H43N5O8. The third-order valence-corrected chi connectivity index (χ3v) is 8.20. The summed E-state index contributed by atoms with van der Waals surface area (Å²) in [4.78, 5) is 72.9. The smallest absolute Gasteiger partial charge is 0.409 e. The second-order valence-electron chi connectivity index (χ2n) is 12.4. The molecule has 13 nitrogen and oxygen atoms in total. The highest BCUT2D eigenvalue weighted by atomic mass is 16.6. The molecule has 0 radical (unpaired) electrons. The van der Waals surface area contributed by atoms with E-state index in [0.717, 1.165) is 12.8 Å². The SMILES string of the molecule is CCOC(=O)N1CCN(C(=O)C(CCC(=O)O)NC(=O)c2cc(OCC(=O)N3CCCC3C(C)(C)C)c3ccccc3n2)CC1. The number of pyridine rings is 1. The highest BCUT2D eigenvalue weighted by Gasteiger charge is 2.37. The highest BCUT2D eigenvalue weighted by molar-refractivity contribution is 5.99. The number of rotatable bonds is 10. The van der Waals surface area contributed by atoms with Gasteiger partial charge in [-0.3, -0.25) is 19.2 Å². The zero-order chi connectivity index (χ0) is 32.7. The highest BCUT2D eigenvalue weighted by Crippen LogP contribution is 2.33. The second-order valence-corrected chi connectivity index (χ2v) is 12.4. The lowest BCUT2D eigenvalue weighted by Gasteiger charge is -2.36. The molecule has 4 rings (SSSR count). The molecule has 1 aromatic carbocycles. The lowest BCUT2D eigenvalue weighted by molar-refractivity contribution is -0.138. The maximum absolute atomic E-state index is 13.5. The Labute approximate surface area is 262 Å². The normalized spacial score (nSPS) is 17.6. The molecule has 2 unspecified atom stereocenters. The number of likely N-dealkylation sites (tertiary alicyclic amines) is 1. The maximum atomic E-state index is 13.5. The number of nitrogens with one attached hydrogen (secondary N) is 1. The zero-order valence-corrected chi connectivity index (χ0v) is 26.4. The number of ether oxygens (including phenoxy) is 2. The number of fused-ring (bicyclic) bond motifs is 1. The predicted molar refractivity (Wildman–Crippen MR) is 165 cm³/mol. The number of hydrogen-bond donors (Lipinski definition) is 2. The Morgan fingerprint density at radius 2 is 1.73 bits per heavy atom. The van der Waals surface area contributed by atoms with Crippen molar-refractivity contribution < 1.29 is 38.6 Å². The summed E-state index contributed by atoms with van der Waals surface area (Å²) < 4.78 is 11.0. The van der Waals surface area contributed by atoms with Gasteiger partial charge in [0.05, 0.1) is 12.1 Å². The van der Waals surface area contributed by atoms with Gasteiger partial charge in [0.2, 0.25) is 5.91 Å². The van der Waals surface area contributed by atoms with Crippen molar-refractivity contribution in [3.05, 3.63) is 36.0 Å². The number of benzene rings is 1. The van der Waals surface area contributed by atoms with Gasteiger partial charge in [-0.1, -0.05) is 32.9 Å². The van der Waals surface area contributed by atoms with Crippen molar-refractivity contribution >= 4 is 40.7 Å². The van der Waals surface area contributed by atoms with Crippen LogP contribution in [-0.4, -0.2) is 113 Å². The Bertz CT molecular complexity index is 1420. The van der Waals surface area contributed by atoms with Gasteiger partial charge in [0.25, 0.3) is 11.8 Å². The fraction of sp³-hybridized carbons (Fsp3) is 0.562. The molecule has 2 fully saturated rings. The molecule has 0 saturated carbocycles. The quantitative estimate of drug-likeness (QED) is 0.405. The number of carboxylic acids is 1. The van der Waals surface area contributed by atoms with Crippen LogP contribution in [0.4, 0.5) is 4.79 Å². The third kappa shape index (κ3) is 8.40. The first-order valence-corrected chi connectivity index (χ1v) is 15.4. The number of piperazine rings is 1. The van der Waals surface area contributed by atoms with Gasteiger partial charge in [-0.05, 0) is 43.7 Å². The molecule has 2 aliphatic rings. The van der Waals surface area contributed by atoms with Crippen LogP contribution >= 0.6 is 0 Å². The Morgan fingerprint density at radius 1 is 1.04 bits per heavy atom. The number of hydrogen-bond acceptors (Lipinski definition) is 8. The van der Waals surface area contributed by atoms with Gasteiger partial charge < -0.3 is 34.6 Å². The molecule has 1 aromatic heterocycles. The van der Waals surface area contributed by atoms with E-state index < -0.39 is 29.9 Å². The minimum Gasteiger partial charge on any atom is -0.483 e. The summed E-state index contributed by atoms with van der Waals surface area (Å²) in [5, 5.41) is 12.6. The lowest BCUT2D eigenvalue weighted by atomic mass is 9.85. The lowest BCUT2D eigenvalue weighted by Crippen LogP contribution is -2.56. The van der Waals surface area contributed by atoms with E-state index in [1.165, 1.54) is 15.9 Å². The molecule has 0 bridgehead atoms. The van der Waals surface area contributed by atoms with Crippen LogP contribution in [-0.2, 0) is 19.1 Å². The summed E-state index contributed by atoms with van der Waals surface area (Å²) in [7, 11) is 0. The van der Waals surface area contributed by atoms with Gasteiger partial charge in [-0.2, -0.15) is 0 Å². The van der Waals surface area contributed by atoms with E-state index in [1.54, 1.807) is 31.2 Å².